The molecule has 0 bridgehead atoms. The summed E-state index contributed by atoms with van der Waals surface area (Å²) >= 11 is 0. The minimum absolute atomic E-state index is 0.0506. The van der Waals surface area contributed by atoms with Crippen LogP contribution in [0.25, 0.3) is 0 Å². The van der Waals surface area contributed by atoms with Crippen LogP contribution in [0.1, 0.15) is 11.1 Å². The molecule has 1 N–H and O–H groups in total. The molecule has 5 heteroatoms. The SMILES string of the molecule is Cc1ccccc1CN1C(=O)CNc2cc3c(cc21)OCO3. The molecule has 0 spiro atoms. The monoisotopic (exact) mass is 296 g/mol. The van der Waals surface area contributed by atoms with Gasteiger partial charge in [-0.05, 0) is 18.1 Å². The van der Waals surface area contributed by atoms with Crippen LogP contribution in [0.5, 0.6) is 11.5 Å². The number of benzene rings is 2. The Morgan fingerprint density at radius 1 is 1.18 bits per heavy atom. The van der Waals surface area contributed by atoms with Crippen LogP contribution in [0.2, 0.25) is 0 Å². The first kappa shape index (κ1) is 13.0. The fourth-order valence-electron chi connectivity index (χ4n) is 2.83. The van der Waals surface area contributed by atoms with E-state index in [4.69, 9.17) is 9.47 Å². The van der Waals surface area contributed by atoms with E-state index in [9.17, 15) is 4.79 Å². The first-order chi connectivity index (χ1) is 10.7. The number of nitrogens with zero attached hydrogens (tertiary/aromatic N) is 1. The molecule has 0 saturated carbocycles. The maximum atomic E-state index is 12.4. The number of carbonyl (C=O) groups is 1. The summed E-state index contributed by atoms with van der Waals surface area (Å²) in [4.78, 5) is 14.2. The Bertz CT molecular complexity index is 758. The van der Waals surface area contributed by atoms with Crippen LogP contribution in [-0.4, -0.2) is 19.2 Å². The fraction of sp³-hybridized carbons (Fsp3) is 0.235. The summed E-state index contributed by atoms with van der Waals surface area (Å²) in [5.74, 6) is 1.45. The Hall–Kier alpha value is -2.69. The average Bonchev–Trinajstić information content (AvgIpc) is 2.97. The molecule has 2 heterocycles. The van der Waals surface area contributed by atoms with Gasteiger partial charge in [0.05, 0.1) is 24.5 Å². The second-order valence-corrected chi connectivity index (χ2v) is 5.48. The molecular formula is C17H16N2O3. The summed E-state index contributed by atoms with van der Waals surface area (Å²) < 4.78 is 10.8. The van der Waals surface area contributed by atoms with Gasteiger partial charge in [0.25, 0.3) is 0 Å². The lowest BCUT2D eigenvalue weighted by Gasteiger charge is -2.31. The van der Waals surface area contributed by atoms with Crippen LogP contribution < -0.4 is 19.7 Å². The van der Waals surface area contributed by atoms with Crippen molar-refractivity contribution < 1.29 is 14.3 Å². The van der Waals surface area contributed by atoms with E-state index >= 15 is 0 Å². The predicted octanol–water partition coefficient (Wildman–Crippen LogP) is 2.68. The average molecular weight is 296 g/mol. The number of amides is 1. The van der Waals surface area contributed by atoms with Crippen LogP contribution in [0.15, 0.2) is 36.4 Å². The van der Waals surface area contributed by atoms with E-state index in [1.165, 1.54) is 5.56 Å². The van der Waals surface area contributed by atoms with E-state index in [1.807, 2.05) is 24.3 Å². The van der Waals surface area contributed by atoms with Gasteiger partial charge in [-0.3, -0.25) is 4.79 Å². The number of carbonyl (C=O) groups excluding carboxylic acids is 1. The summed E-state index contributed by atoms with van der Waals surface area (Å²) in [6.45, 7) is 3.13. The summed E-state index contributed by atoms with van der Waals surface area (Å²) in [6, 6.07) is 11.9. The zero-order valence-corrected chi connectivity index (χ0v) is 12.3. The Kier molecular flexibility index (Phi) is 2.92. The lowest BCUT2D eigenvalue weighted by atomic mass is 10.1. The van der Waals surface area contributed by atoms with Gasteiger partial charge in [-0.25, -0.2) is 0 Å². The molecule has 0 aromatic heterocycles. The molecule has 2 aromatic carbocycles. The van der Waals surface area contributed by atoms with E-state index in [-0.39, 0.29) is 12.7 Å². The maximum Gasteiger partial charge on any atom is 0.246 e. The summed E-state index contributed by atoms with van der Waals surface area (Å²) in [5.41, 5.74) is 4.05. The second-order valence-electron chi connectivity index (χ2n) is 5.48. The molecule has 4 rings (SSSR count). The molecular weight excluding hydrogens is 280 g/mol. The smallest absolute Gasteiger partial charge is 0.246 e. The van der Waals surface area contributed by atoms with Gasteiger partial charge < -0.3 is 19.7 Å². The van der Waals surface area contributed by atoms with Crippen LogP contribution in [0.3, 0.4) is 0 Å². The van der Waals surface area contributed by atoms with Gasteiger partial charge in [-0.2, -0.15) is 0 Å². The van der Waals surface area contributed by atoms with E-state index < -0.39 is 0 Å². The molecule has 0 fully saturated rings. The summed E-state index contributed by atoms with van der Waals surface area (Å²) in [6.07, 6.45) is 0. The molecule has 1 amide bonds. The number of aryl methyl sites for hydroxylation is 1. The number of anilines is 2. The highest BCUT2D eigenvalue weighted by Crippen LogP contribution is 2.42. The van der Waals surface area contributed by atoms with Crippen molar-refractivity contribution in [1.29, 1.82) is 0 Å². The number of fused-ring (bicyclic) bond motifs is 2. The fourth-order valence-corrected chi connectivity index (χ4v) is 2.83. The number of rotatable bonds is 2. The van der Waals surface area contributed by atoms with Crippen LogP contribution in [0.4, 0.5) is 11.4 Å². The van der Waals surface area contributed by atoms with E-state index in [0.29, 0.717) is 18.8 Å². The van der Waals surface area contributed by atoms with E-state index in [1.54, 1.807) is 4.90 Å². The molecule has 112 valence electrons. The lowest BCUT2D eigenvalue weighted by molar-refractivity contribution is -0.117. The van der Waals surface area contributed by atoms with E-state index in [2.05, 4.69) is 24.4 Å². The third-order valence-electron chi connectivity index (χ3n) is 4.10. The van der Waals surface area contributed by atoms with Crippen LogP contribution in [0, 0.1) is 6.92 Å². The molecule has 2 aromatic rings. The van der Waals surface area contributed by atoms with Gasteiger partial charge >= 0.3 is 0 Å². The largest absolute Gasteiger partial charge is 0.454 e. The Morgan fingerprint density at radius 2 is 1.95 bits per heavy atom. The number of hydrogen-bond acceptors (Lipinski definition) is 4. The van der Waals surface area contributed by atoms with Gasteiger partial charge in [0, 0.05) is 12.1 Å². The third kappa shape index (κ3) is 2.06. The van der Waals surface area contributed by atoms with Gasteiger partial charge in [0.2, 0.25) is 12.7 Å². The quantitative estimate of drug-likeness (QED) is 0.925. The molecule has 22 heavy (non-hydrogen) atoms. The number of nitrogens with one attached hydrogen (secondary N) is 1. The Balaban J connectivity index is 1.74. The molecule has 0 saturated heterocycles. The molecule has 2 aliphatic rings. The van der Waals surface area contributed by atoms with Crippen molar-refractivity contribution in [2.24, 2.45) is 0 Å². The Morgan fingerprint density at radius 3 is 2.77 bits per heavy atom. The summed E-state index contributed by atoms with van der Waals surface area (Å²) in [5, 5.41) is 3.15. The number of hydrogen-bond donors (Lipinski definition) is 1. The van der Waals surface area contributed by atoms with Crippen molar-refractivity contribution in [3.8, 4) is 11.5 Å². The zero-order valence-electron chi connectivity index (χ0n) is 12.3. The highest BCUT2D eigenvalue weighted by molar-refractivity contribution is 6.03. The molecule has 0 unspecified atom stereocenters. The van der Waals surface area contributed by atoms with Gasteiger partial charge in [-0.15, -0.1) is 0 Å². The minimum atomic E-state index is 0.0506. The van der Waals surface area contributed by atoms with Gasteiger partial charge in [0.1, 0.15) is 0 Å². The van der Waals surface area contributed by atoms with Crippen molar-refractivity contribution in [3.05, 3.63) is 47.5 Å². The Labute approximate surface area is 128 Å². The van der Waals surface area contributed by atoms with Crippen LogP contribution in [-0.2, 0) is 11.3 Å². The van der Waals surface area contributed by atoms with Crippen molar-refractivity contribution >= 4 is 17.3 Å². The minimum Gasteiger partial charge on any atom is -0.454 e. The van der Waals surface area contributed by atoms with Crippen molar-refractivity contribution in [1.82, 2.24) is 0 Å². The van der Waals surface area contributed by atoms with Crippen molar-refractivity contribution in [2.45, 2.75) is 13.5 Å². The van der Waals surface area contributed by atoms with E-state index in [0.717, 1.165) is 22.7 Å². The van der Waals surface area contributed by atoms with Crippen LogP contribution >= 0.6 is 0 Å². The molecule has 5 nitrogen and oxygen atoms in total. The summed E-state index contributed by atoms with van der Waals surface area (Å²) in [7, 11) is 0. The van der Waals surface area contributed by atoms with Crippen molar-refractivity contribution in [3.63, 3.8) is 0 Å². The molecule has 2 aliphatic heterocycles. The maximum absolute atomic E-state index is 12.4. The third-order valence-corrected chi connectivity index (χ3v) is 4.10. The predicted molar refractivity (Wildman–Crippen MR) is 83.4 cm³/mol. The molecule has 0 radical (unpaired) electrons. The zero-order chi connectivity index (χ0) is 15.1. The van der Waals surface area contributed by atoms with Gasteiger partial charge in [-0.1, -0.05) is 24.3 Å². The number of ether oxygens (including phenoxy) is 2. The van der Waals surface area contributed by atoms with Crippen molar-refractivity contribution in [2.75, 3.05) is 23.6 Å². The topological polar surface area (TPSA) is 50.8 Å². The highest BCUT2D eigenvalue weighted by Gasteiger charge is 2.28. The molecule has 0 atom stereocenters. The van der Waals surface area contributed by atoms with Gasteiger partial charge in [0.15, 0.2) is 11.5 Å². The first-order valence-corrected chi connectivity index (χ1v) is 7.25. The lowest BCUT2D eigenvalue weighted by Crippen LogP contribution is -2.39. The normalized spacial score (nSPS) is 15.5. The standard InChI is InChI=1S/C17H16N2O3/c1-11-4-2-3-5-12(11)9-19-14-7-16-15(21-10-22-16)6-13(14)18-8-17(19)20/h2-7,18H,8-10H2,1H3. The highest BCUT2D eigenvalue weighted by atomic mass is 16.7. The molecule has 0 aliphatic carbocycles. The second kappa shape index (κ2) is 4.94. The first-order valence-electron chi connectivity index (χ1n) is 7.25.